The Kier molecular flexibility index (Phi) is 4.32. The van der Waals surface area contributed by atoms with Gasteiger partial charge < -0.3 is 23.8 Å². The highest BCUT2D eigenvalue weighted by Gasteiger charge is 2.29. The number of nitrogens with zero attached hydrogens (tertiary/aromatic N) is 1. The van der Waals surface area contributed by atoms with Gasteiger partial charge in [-0.15, -0.1) is 0 Å². The Labute approximate surface area is 152 Å². The number of ether oxygens (including phenoxy) is 4. The predicted molar refractivity (Wildman–Crippen MR) is 95.4 cm³/mol. The van der Waals surface area contributed by atoms with Crippen molar-refractivity contribution >= 4 is 5.91 Å². The Hall–Kier alpha value is -2.89. The zero-order valence-corrected chi connectivity index (χ0v) is 14.9. The summed E-state index contributed by atoms with van der Waals surface area (Å²) < 4.78 is 21.4. The van der Waals surface area contributed by atoms with Gasteiger partial charge in [0.15, 0.2) is 23.0 Å². The lowest BCUT2D eigenvalue weighted by Gasteiger charge is -2.18. The van der Waals surface area contributed by atoms with Crippen LogP contribution in [0.2, 0.25) is 0 Å². The van der Waals surface area contributed by atoms with Gasteiger partial charge in [-0.05, 0) is 42.3 Å². The molecule has 2 aliphatic heterocycles. The summed E-state index contributed by atoms with van der Waals surface area (Å²) in [5, 5.41) is 0. The first-order chi connectivity index (χ1) is 12.7. The Bertz CT molecular complexity index is 835. The van der Waals surface area contributed by atoms with Gasteiger partial charge in [0.25, 0.3) is 5.91 Å². The molecule has 0 N–H and O–H groups in total. The number of benzene rings is 2. The molecule has 0 bridgehead atoms. The average Bonchev–Trinajstić information content (AvgIpc) is 3.35. The first-order valence-corrected chi connectivity index (χ1v) is 8.60. The molecule has 2 heterocycles. The Balaban J connectivity index is 1.49. The number of amides is 1. The van der Waals surface area contributed by atoms with Gasteiger partial charge in [0.2, 0.25) is 6.79 Å². The Morgan fingerprint density at radius 2 is 1.85 bits per heavy atom. The molecular weight excluding hydrogens is 334 g/mol. The fourth-order valence-corrected chi connectivity index (χ4v) is 3.54. The molecule has 6 heteroatoms. The monoisotopic (exact) mass is 355 g/mol. The first kappa shape index (κ1) is 16.6. The summed E-state index contributed by atoms with van der Waals surface area (Å²) in [4.78, 5) is 14.7. The molecule has 1 saturated heterocycles. The van der Waals surface area contributed by atoms with Crippen molar-refractivity contribution in [1.82, 2.24) is 4.90 Å². The van der Waals surface area contributed by atoms with Crippen molar-refractivity contribution in [2.75, 3.05) is 34.1 Å². The number of carbonyl (C=O) groups excluding carboxylic acids is 1. The molecule has 0 saturated carbocycles. The molecule has 26 heavy (non-hydrogen) atoms. The van der Waals surface area contributed by atoms with E-state index in [1.165, 1.54) is 5.56 Å². The van der Waals surface area contributed by atoms with Crippen LogP contribution in [0.15, 0.2) is 36.4 Å². The highest BCUT2D eigenvalue weighted by molar-refractivity contribution is 5.95. The summed E-state index contributed by atoms with van der Waals surface area (Å²) in [6.45, 7) is 1.69. The summed E-state index contributed by atoms with van der Waals surface area (Å²) in [6, 6.07) is 11.3. The van der Waals surface area contributed by atoms with Crippen LogP contribution in [-0.4, -0.2) is 44.9 Å². The minimum Gasteiger partial charge on any atom is -0.493 e. The van der Waals surface area contributed by atoms with Gasteiger partial charge in [0.1, 0.15) is 0 Å². The number of methoxy groups -OCH3 is 2. The van der Waals surface area contributed by atoms with E-state index in [0.29, 0.717) is 29.5 Å². The van der Waals surface area contributed by atoms with Crippen LogP contribution in [0.3, 0.4) is 0 Å². The molecule has 136 valence electrons. The maximum absolute atomic E-state index is 12.9. The lowest BCUT2D eigenvalue weighted by Crippen LogP contribution is -2.28. The van der Waals surface area contributed by atoms with Gasteiger partial charge in [0.05, 0.1) is 14.2 Å². The van der Waals surface area contributed by atoms with E-state index in [2.05, 4.69) is 6.07 Å². The topological polar surface area (TPSA) is 57.2 Å². The molecule has 2 aromatic carbocycles. The van der Waals surface area contributed by atoms with Crippen LogP contribution in [0.25, 0.3) is 0 Å². The maximum atomic E-state index is 12.9. The van der Waals surface area contributed by atoms with E-state index in [4.69, 9.17) is 18.9 Å². The lowest BCUT2D eigenvalue weighted by molar-refractivity contribution is 0.0790. The second kappa shape index (κ2) is 6.78. The van der Waals surface area contributed by atoms with E-state index in [0.717, 1.165) is 24.5 Å². The van der Waals surface area contributed by atoms with Crippen molar-refractivity contribution < 1.29 is 23.7 Å². The van der Waals surface area contributed by atoms with E-state index in [1.54, 1.807) is 32.4 Å². The molecule has 4 rings (SSSR count). The van der Waals surface area contributed by atoms with E-state index in [1.807, 2.05) is 17.0 Å². The van der Waals surface area contributed by atoms with Crippen LogP contribution >= 0.6 is 0 Å². The molecule has 1 amide bonds. The number of rotatable bonds is 4. The van der Waals surface area contributed by atoms with Gasteiger partial charge in [-0.1, -0.05) is 6.07 Å². The molecule has 1 unspecified atom stereocenters. The van der Waals surface area contributed by atoms with Crippen molar-refractivity contribution in [1.29, 1.82) is 0 Å². The number of fused-ring (bicyclic) bond motifs is 1. The summed E-state index contributed by atoms with van der Waals surface area (Å²) in [5.41, 5.74) is 1.78. The van der Waals surface area contributed by atoms with Crippen LogP contribution in [0.4, 0.5) is 0 Å². The van der Waals surface area contributed by atoms with Crippen molar-refractivity contribution in [3.8, 4) is 23.0 Å². The van der Waals surface area contributed by atoms with Gasteiger partial charge in [-0.3, -0.25) is 4.79 Å². The lowest BCUT2D eigenvalue weighted by atomic mass is 9.98. The fourth-order valence-electron chi connectivity index (χ4n) is 3.54. The third-order valence-electron chi connectivity index (χ3n) is 4.97. The molecule has 0 aromatic heterocycles. The normalized spacial score (nSPS) is 18.1. The van der Waals surface area contributed by atoms with Gasteiger partial charge in [-0.2, -0.15) is 0 Å². The summed E-state index contributed by atoms with van der Waals surface area (Å²) in [5.74, 6) is 3.05. The van der Waals surface area contributed by atoms with Crippen molar-refractivity contribution in [2.45, 2.75) is 12.3 Å². The number of hydrogen-bond acceptors (Lipinski definition) is 5. The zero-order chi connectivity index (χ0) is 18.1. The van der Waals surface area contributed by atoms with Crippen LogP contribution in [0.5, 0.6) is 23.0 Å². The number of carbonyl (C=O) groups is 1. The molecule has 2 aliphatic rings. The summed E-state index contributed by atoms with van der Waals surface area (Å²) >= 11 is 0. The van der Waals surface area contributed by atoms with E-state index in [-0.39, 0.29) is 12.7 Å². The number of likely N-dealkylation sites (tertiary alicyclic amines) is 1. The van der Waals surface area contributed by atoms with Crippen LogP contribution in [0, 0.1) is 0 Å². The third kappa shape index (κ3) is 2.92. The average molecular weight is 355 g/mol. The molecular formula is C20H21NO5. The second-order valence-corrected chi connectivity index (χ2v) is 6.42. The number of hydrogen-bond donors (Lipinski definition) is 0. The van der Waals surface area contributed by atoms with Crippen molar-refractivity contribution in [2.24, 2.45) is 0 Å². The summed E-state index contributed by atoms with van der Waals surface area (Å²) in [6.07, 6.45) is 0.929. The van der Waals surface area contributed by atoms with Gasteiger partial charge >= 0.3 is 0 Å². The smallest absolute Gasteiger partial charge is 0.254 e. The maximum Gasteiger partial charge on any atom is 0.254 e. The quantitative estimate of drug-likeness (QED) is 0.844. The Morgan fingerprint density at radius 1 is 1.04 bits per heavy atom. The van der Waals surface area contributed by atoms with Crippen molar-refractivity contribution in [3.05, 3.63) is 47.5 Å². The second-order valence-electron chi connectivity index (χ2n) is 6.42. The highest BCUT2D eigenvalue weighted by Crippen LogP contribution is 2.37. The third-order valence-corrected chi connectivity index (χ3v) is 4.97. The van der Waals surface area contributed by atoms with E-state index < -0.39 is 0 Å². The molecule has 0 radical (unpaired) electrons. The standard InChI is InChI=1S/C20H21NO5/c1-23-16-5-4-14(10-18(16)24-2)20(22)21-8-7-15(11-21)13-3-6-17-19(9-13)26-12-25-17/h3-6,9-10,15H,7-8,11-12H2,1-2H3. The van der Waals surface area contributed by atoms with Gasteiger partial charge in [0, 0.05) is 24.6 Å². The largest absolute Gasteiger partial charge is 0.493 e. The Morgan fingerprint density at radius 3 is 2.65 bits per heavy atom. The minimum atomic E-state index is 0.00852. The fraction of sp³-hybridized carbons (Fsp3) is 0.350. The van der Waals surface area contributed by atoms with Crippen LogP contribution in [-0.2, 0) is 0 Å². The van der Waals surface area contributed by atoms with Crippen LogP contribution < -0.4 is 18.9 Å². The molecule has 1 fully saturated rings. The molecule has 6 nitrogen and oxygen atoms in total. The first-order valence-electron chi connectivity index (χ1n) is 8.60. The van der Waals surface area contributed by atoms with E-state index in [9.17, 15) is 4.79 Å². The zero-order valence-electron chi connectivity index (χ0n) is 14.9. The molecule has 2 aromatic rings. The molecule has 0 spiro atoms. The molecule has 0 aliphatic carbocycles. The van der Waals surface area contributed by atoms with Crippen LogP contribution in [0.1, 0.15) is 28.3 Å². The SMILES string of the molecule is COc1ccc(C(=O)N2CCC(c3ccc4c(c3)OCO4)C2)cc1OC. The molecule has 1 atom stereocenters. The predicted octanol–water partition coefficient (Wildman–Crippen LogP) is 3.06. The summed E-state index contributed by atoms with van der Waals surface area (Å²) in [7, 11) is 3.15. The van der Waals surface area contributed by atoms with Crippen molar-refractivity contribution in [3.63, 3.8) is 0 Å². The minimum absolute atomic E-state index is 0.00852. The highest BCUT2D eigenvalue weighted by atomic mass is 16.7. The van der Waals surface area contributed by atoms with Gasteiger partial charge in [-0.25, -0.2) is 0 Å². The van der Waals surface area contributed by atoms with E-state index >= 15 is 0 Å².